The standard InChI is InChI=1S/C16H13F2N3O2/c1-8-3-4-10(5-9(8)2)12-6-13(14(17)18)21-15(20-12)11(7-19-21)16(22)23/h3-7,14H,1-2H3,(H,22,23). The van der Waals surface area contributed by atoms with E-state index in [1.54, 1.807) is 6.07 Å². The van der Waals surface area contributed by atoms with Crippen molar-refractivity contribution in [3.63, 3.8) is 0 Å². The number of halogens is 2. The van der Waals surface area contributed by atoms with Crippen LogP contribution in [-0.4, -0.2) is 25.7 Å². The number of aromatic carboxylic acids is 1. The minimum atomic E-state index is -2.80. The molecule has 23 heavy (non-hydrogen) atoms. The molecule has 0 spiro atoms. The number of hydrogen-bond acceptors (Lipinski definition) is 3. The molecule has 0 aliphatic heterocycles. The molecule has 0 aliphatic rings. The van der Waals surface area contributed by atoms with E-state index in [1.165, 1.54) is 6.07 Å². The van der Waals surface area contributed by atoms with E-state index in [-0.39, 0.29) is 11.2 Å². The highest BCUT2D eigenvalue weighted by molar-refractivity contribution is 5.94. The molecular formula is C16H13F2N3O2. The van der Waals surface area contributed by atoms with E-state index >= 15 is 0 Å². The van der Waals surface area contributed by atoms with E-state index in [0.29, 0.717) is 11.3 Å². The first-order chi connectivity index (χ1) is 10.9. The van der Waals surface area contributed by atoms with Gasteiger partial charge in [0, 0.05) is 5.56 Å². The third-order valence-electron chi connectivity index (χ3n) is 3.76. The number of benzene rings is 1. The number of aromatic nitrogens is 3. The molecule has 7 heteroatoms. The second-order valence-electron chi connectivity index (χ2n) is 5.26. The summed E-state index contributed by atoms with van der Waals surface area (Å²) in [5.74, 6) is -1.26. The van der Waals surface area contributed by atoms with Crippen molar-refractivity contribution in [1.82, 2.24) is 14.6 Å². The summed E-state index contributed by atoms with van der Waals surface area (Å²) in [6.45, 7) is 3.85. The maximum atomic E-state index is 13.3. The Morgan fingerprint density at radius 1 is 1.22 bits per heavy atom. The molecule has 0 saturated carbocycles. The molecular weight excluding hydrogens is 304 g/mol. The van der Waals surface area contributed by atoms with Gasteiger partial charge in [0.15, 0.2) is 5.65 Å². The molecule has 0 fully saturated rings. The lowest BCUT2D eigenvalue weighted by Gasteiger charge is -2.09. The maximum Gasteiger partial charge on any atom is 0.341 e. The van der Waals surface area contributed by atoms with E-state index in [1.807, 2.05) is 26.0 Å². The van der Waals surface area contributed by atoms with Gasteiger partial charge in [0.1, 0.15) is 11.3 Å². The molecule has 0 radical (unpaired) electrons. The van der Waals surface area contributed by atoms with Gasteiger partial charge >= 0.3 is 5.97 Å². The minimum Gasteiger partial charge on any atom is -0.477 e. The van der Waals surface area contributed by atoms with E-state index < -0.39 is 18.1 Å². The Morgan fingerprint density at radius 2 is 1.96 bits per heavy atom. The first kappa shape index (κ1) is 15.1. The Morgan fingerprint density at radius 3 is 2.57 bits per heavy atom. The third-order valence-corrected chi connectivity index (χ3v) is 3.76. The molecule has 3 rings (SSSR count). The van der Waals surface area contributed by atoms with E-state index in [0.717, 1.165) is 21.8 Å². The van der Waals surface area contributed by atoms with Crippen molar-refractivity contribution in [3.05, 3.63) is 52.8 Å². The largest absolute Gasteiger partial charge is 0.477 e. The average molecular weight is 317 g/mol. The van der Waals surface area contributed by atoms with Gasteiger partial charge in [-0.3, -0.25) is 0 Å². The zero-order valence-corrected chi connectivity index (χ0v) is 12.4. The highest BCUT2D eigenvalue weighted by Crippen LogP contribution is 2.27. The van der Waals surface area contributed by atoms with Gasteiger partial charge in [-0.05, 0) is 37.1 Å². The van der Waals surface area contributed by atoms with Crippen molar-refractivity contribution in [2.45, 2.75) is 20.3 Å². The first-order valence-corrected chi connectivity index (χ1v) is 6.86. The molecule has 118 valence electrons. The number of hydrogen-bond donors (Lipinski definition) is 1. The van der Waals surface area contributed by atoms with Crippen LogP contribution in [0.25, 0.3) is 16.9 Å². The molecule has 2 heterocycles. The van der Waals surface area contributed by atoms with Gasteiger partial charge in [-0.1, -0.05) is 12.1 Å². The number of nitrogens with zero attached hydrogens (tertiary/aromatic N) is 3. The number of carboxylic acids is 1. The summed E-state index contributed by atoms with van der Waals surface area (Å²) in [5, 5.41) is 12.9. The van der Waals surface area contributed by atoms with Crippen molar-refractivity contribution in [1.29, 1.82) is 0 Å². The lowest BCUT2D eigenvalue weighted by atomic mass is 10.0. The predicted molar refractivity (Wildman–Crippen MR) is 79.8 cm³/mol. The molecule has 1 aromatic carbocycles. The highest BCUT2D eigenvalue weighted by atomic mass is 19.3. The van der Waals surface area contributed by atoms with Crippen LogP contribution in [0.4, 0.5) is 8.78 Å². The van der Waals surface area contributed by atoms with Crippen molar-refractivity contribution in [3.8, 4) is 11.3 Å². The molecule has 0 bridgehead atoms. The summed E-state index contributed by atoms with van der Waals surface area (Å²) in [5.41, 5.74) is 2.31. The van der Waals surface area contributed by atoms with Crippen LogP contribution in [0.15, 0.2) is 30.5 Å². The second kappa shape index (κ2) is 5.42. The van der Waals surface area contributed by atoms with Gasteiger partial charge in [0.05, 0.1) is 11.9 Å². The number of carbonyl (C=O) groups is 1. The molecule has 5 nitrogen and oxygen atoms in total. The summed E-state index contributed by atoms with van der Waals surface area (Å²) in [4.78, 5) is 15.4. The quantitative estimate of drug-likeness (QED) is 0.800. The number of fused-ring (bicyclic) bond motifs is 1. The minimum absolute atomic E-state index is 0.0940. The monoisotopic (exact) mass is 317 g/mol. The number of rotatable bonds is 3. The first-order valence-electron chi connectivity index (χ1n) is 6.86. The number of alkyl halides is 2. The number of aryl methyl sites for hydroxylation is 2. The fourth-order valence-corrected chi connectivity index (χ4v) is 2.34. The molecule has 0 atom stereocenters. The molecule has 0 saturated heterocycles. The molecule has 0 amide bonds. The zero-order chi connectivity index (χ0) is 16.7. The summed E-state index contributed by atoms with van der Waals surface area (Å²) >= 11 is 0. The fraction of sp³-hybridized carbons (Fsp3) is 0.188. The van der Waals surface area contributed by atoms with Crippen molar-refractivity contribution in [2.75, 3.05) is 0 Å². The predicted octanol–water partition coefficient (Wildman–Crippen LogP) is 3.65. The zero-order valence-electron chi connectivity index (χ0n) is 12.4. The van der Waals surface area contributed by atoms with Gasteiger partial charge in [0.25, 0.3) is 6.43 Å². The highest BCUT2D eigenvalue weighted by Gasteiger charge is 2.21. The summed E-state index contributed by atoms with van der Waals surface area (Å²) < 4.78 is 27.5. The Kier molecular flexibility index (Phi) is 3.55. The van der Waals surface area contributed by atoms with Crippen LogP contribution < -0.4 is 0 Å². The van der Waals surface area contributed by atoms with Crippen LogP contribution >= 0.6 is 0 Å². The Labute approximate surface area is 130 Å². The lowest BCUT2D eigenvalue weighted by Crippen LogP contribution is -2.04. The molecule has 0 unspecified atom stereocenters. The number of carboxylic acid groups (broad SMARTS) is 1. The van der Waals surface area contributed by atoms with Gasteiger partial charge in [-0.15, -0.1) is 0 Å². The summed E-state index contributed by atoms with van der Waals surface area (Å²) in [7, 11) is 0. The average Bonchev–Trinajstić information content (AvgIpc) is 2.92. The molecule has 0 aliphatic carbocycles. The normalized spacial score (nSPS) is 11.3. The summed E-state index contributed by atoms with van der Waals surface area (Å²) in [6.07, 6.45) is -1.77. The van der Waals surface area contributed by atoms with Crippen LogP contribution in [0.1, 0.15) is 33.6 Å². The SMILES string of the molecule is Cc1ccc(-c2cc(C(F)F)n3ncc(C(=O)O)c3n2)cc1C. The molecule has 3 aromatic rings. The fourth-order valence-electron chi connectivity index (χ4n) is 2.34. The van der Waals surface area contributed by atoms with E-state index in [4.69, 9.17) is 5.11 Å². The smallest absolute Gasteiger partial charge is 0.341 e. The van der Waals surface area contributed by atoms with Crippen LogP contribution in [-0.2, 0) is 0 Å². The summed E-state index contributed by atoms with van der Waals surface area (Å²) in [6, 6.07) is 6.71. The van der Waals surface area contributed by atoms with Crippen LogP contribution in [0.2, 0.25) is 0 Å². The van der Waals surface area contributed by atoms with Gasteiger partial charge in [-0.25, -0.2) is 23.1 Å². The molecule has 2 aromatic heterocycles. The van der Waals surface area contributed by atoms with Crippen molar-refractivity contribution >= 4 is 11.6 Å². The van der Waals surface area contributed by atoms with Gasteiger partial charge in [0.2, 0.25) is 0 Å². The molecule has 1 N–H and O–H groups in total. The van der Waals surface area contributed by atoms with Gasteiger partial charge in [-0.2, -0.15) is 5.10 Å². The van der Waals surface area contributed by atoms with Crippen molar-refractivity contribution < 1.29 is 18.7 Å². The third kappa shape index (κ3) is 2.54. The maximum absolute atomic E-state index is 13.3. The van der Waals surface area contributed by atoms with Gasteiger partial charge < -0.3 is 5.11 Å². The van der Waals surface area contributed by atoms with Crippen molar-refractivity contribution in [2.24, 2.45) is 0 Å². The topological polar surface area (TPSA) is 67.5 Å². The van der Waals surface area contributed by atoms with E-state index in [2.05, 4.69) is 10.1 Å². The second-order valence-corrected chi connectivity index (χ2v) is 5.26. The Bertz CT molecular complexity index is 919. The van der Waals surface area contributed by atoms with E-state index in [9.17, 15) is 13.6 Å². The van der Waals surface area contributed by atoms with Crippen LogP contribution in [0.5, 0.6) is 0 Å². The lowest BCUT2D eigenvalue weighted by molar-refractivity contribution is 0.0698. The van der Waals surface area contributed by atoms with Crippen LogP contribution in [0.3, 0.4) is 0 Å². The Balaban J connectivity index is 2.30. The Hall–Kier alpha value is -2.83. The van der Waals surface area contributed by atoms with Crippen LogP contribution in [0, 0.1) is 13.8 Å².